The van der Waals surface area contributed by atoms with Crippen LogP contribution in [0.15, 0.2) is 24.3 Å². The third kappa shape index (κ3) is 4.55. The fraction of sp³-hybridized carbons (Fsp3) is 0.556. The number of aliphatic hydroxyl groups is 1. The van der Waals surface area contributed by atoms with Crippen LogP contribution < -0.4 is 5.32 Å². The maximum absolute atomic E-state index is 12.5. The third-order valence-corrected chi connectivity index (χ3v) is 4.02. The number of nitrogens with one attached hydrogen (secondary N) is 1. The van der Waals surface area contributed by atoms with Gasteiger partial charge in [0.2, 0.25) is 0 Å². The van der Waals surface area contributed by atoms with Crippen molar-refractivity contribution in [2.45, 2.75) is 39.7 Å². The number of hydrogen-bond acceptors (Lipinski definition) is 3. The molecule has 0 radical (unpaired) electrons. The van der Waals surface area contributed by atoms with E-state index in [9.17, 15) is 14.7 Å². The molecule has 1 heterocycles. The van der Waals surface area contributed by atoms with E-state index < -0.39 is 0 Å². The van der Waals surface area contributed by atoms with Gasteiger partial charge in [-0.3, -0.25) is 9.59 Å². The maximum atomic E-state index is 12.5. The SMILES string of the molecule is CC(C)(C)CNC(=O)c1ccc(C(=O)N2CCC[C@@H]2CO)cc1. The lowest BCUT2D eigenvalue weighted by molar-refractivity contribution is 0.0677. The number of benzene rings is 1. The second-order valence-corrected chi connectivity index (χ2v) is 7.30. The molecule has 1 atom stereocenters. The first-order valence-electron chi connectivity index (χ1n) is 8.12. The van der Waals surface area contributed by atoms with Crippen molar-refractivity contribution in [2.24, 2.45) is 5.41 Å². The molecule has 2 N–H and O–H groups in total. The summed E-state index contributed by atoms with van der Waals surface area (Å²) in [6.45, 7) is 7.45. The first-order valence-corrected chi connectivity index (χ1v) is 8.12. The van der Waals surface area contributed by atoms with E-state index in [4.69, 9.17) is 0 Å². The lowest BCUT2D eigenvalue weighted by atomic mass is 9.97. The molecule has 1 aliphatic heterocycles. The summed E-state index contributed by atoms with van der Waals surface area (Å²) in [5.74, 6) is -0.212. The van der Waals surface area contributed by atoms with E-state index in [1.807, 2.05) is 0 Å². The molecule has 0 spiro atoms. The van der Waals surface area contributed by atoms with Gasteiger partial charge >= 0.3 is 0 Å². The van der Waals surface area contributed by atoms with Crippen LogP contribution in [0.1, 0.15) is 54.3 Å². The van der Waals surface area contributed by atoms with Gasteiger partial charge < -0.3 is 15.3 Å². The summed E-state index contributed by atoms with van der Waals surface area (Å²) in [6.07, 6.45) is 1.76. The number of rotatable bonds is 4. The first-order chi connectivity index (χ1) is 10.8. The molecule has 1 saturated heterocycles. The van der Waals surface area contributed by atoms with Gasteiger partial charge in [0.05, 0.1) is 12.6 Å². The van der Waals surface area contributed by atoms with Crippen molar-refractivity contribution >= 4 is 11.8 Å². The van der Waals surface area contributed by atoms with Crippen molar-refractivity contribution in [2.75, 3.05) is 19.7 Å². The smallest absolute Gasteiger partial charge is 0.254 e. The standard InChI is InChI=1S/C18H26N2O3/c1-18(2,3)12-19-16(22)13-6-8-14(9-7-13)17(23)20-10-4-5-15(20)11-21/h6-9,15,21H,4-5,10-12H2,1-3H3,(H,19,22)/t15-/m1/s1. The van der Waals surface area contributed by atoms with Crippen LogP contribution >= 0.6 is 0 Å². The number of hydrogen-bond donors (Lipinski definition) is 2. The fourth-order valence-electron chi connectivity index (χ4n) is 2.67. The van der Waals surface area contributed by atoms with E-state index in [-0.39, 0.29) is 29.9 Å². The van der Waals surface area contributed by atoms with E-state index in [1.54, 1.807) is 29.2 Å². The van der Waals surface area contributed by atoms with Gasteiger partial charge in [-0.25, -0.2) is 0 Å². The maximum Gasteiger partial charge on any atom is 0.254 e. The van der Waals surface area contributed by atoms with Gasteiger partial charge in [0, 0.05) is 24.2 Å². The average Bonchev–Trinajstić information content (AvgIpc) is 3.00. The predicted octanol–water partition coefficient (Wildman–Crippen LogP) is 2.06. The zero-order valence-electron chi connectivity index (χ0n) is 14.1. The minimum absolute atomic E-state index is 0.000960. The summed E-state index contributed by atoms with van der Waals surface area (Å²) < 4.78 is 0. The molecule has 2 rings (SSSR count). The summed E-state index contributed by atoms with van der Waals surface area (Å²) in [7, 11) is 0. The Morgan fingerprint density at radius 1 is 1.22 bits per heavy atom. The molecular weight excluding hydrogens is 292 g/mol. The normalized spacial score (nSPS) is 18.1. The van der Waals surface area contributed by atoms with Gasteiger partial charge in [0.1, 0.15) is 0 Å². The summed E-state index contributed by atoms with van der Waals surface area (Å²) in [6, 6.07) is 6.63. The Hall–Kier alpha value is -1.88. The number of nitrogens with zero attached hydrogens (tertiary/aromatic N) is 1. The van der Waals surface area contributed by atoms with E-state index in [0.717, 1.165) is 12.8 Å². The molecule has 23 heavy (non-hydrogen) atoms. The average molecular weight is 318 g/mol. The third-order valence-electron chi connectivity index (χ3n) is 4.02. The first kappa shape index (κ1) is 17.5. The van der Waals surface area contributed by atoms with Crippen LogP contribution in [0.5, 0.6) is 0 Å². The molecule has 1 aromatic carbocycles. The molecule has 0 aromatic heterocycles. The second kappa shape index (κ2) is 7.13. The molecule has 1 aromatic rings. The van der Waals surface area contributed by atoms with Crippen molar-refractivity contribution in [3.8, 4) is 0 Å². The second-order valence-electron chi connectivity index (χ2n) is 7.30. The Bertz CT molecular complexity index is 561. The van der Waals surface area contributed by atoms with Crippen LogP contribution in [0.25, 0.3) is 0 Å². The minimum atomic E-state index is -0.131. The molecule has 5 nitrogen and oxygen atoms in total. The Balaban J connectivity index is 2.01. The molecule has 2 amide bonds. The number of carbonyl (C=O) groups excluding carboxylic acids is 2. The lowest BCUT2D eigenvalue weighted by Gasteiger charge is -2.23. The molecule has 0 bridgehead atoms. The Morgan fingerprint density at radius 2 is 1.83 bits per heavy atom. The number of amides is 2. The van der Waals surface area contributed by atoms with Crippen molar-refractivity contribution < 1.29 is 14.7 Å². The van der Waals surface area contributed by atoms with Crippen LogP contribution in [0, 0.1) is 5.41 Å². The molecule has 0 unspecified atom stereocenters. The van der Waals surface area contributed by atoms with Gasteiger partial charge in [0.15, 0.2) is 0 Å². The molecular formula is C18H26N2O3. The predicted molar refractivity (Wildman–Crippen MR) is 89.4 cm³/mol. The Kier molecular flexibility index (Phi) is 5.42. The fourth-order valence-corrected chi connectivity index (χ4v) is 2.67. The molecule has 0 saturated carbocycles. The van der Waals surface area contributed by atoms with Gasteiger partial charge in [-0.2, -0.15) is 0 Å². The highest BCUT2D eigenvalue weighted by atomic mass is 16.3. The van der Waals surface area contributed by atoms with Crippen molar-refractivity contribution in [3.63, 3.8) is 0 Å². The summed E-state index contributed by atoms with van der Waals surface area (Å²) in [4.78, 5) is 26.3. The van der Waals surface area contributed by atoms with Crippen LogP contribution in [-0.2, 0) is 0 Å². The Morgan fingerprint density at radius 3 is 2.39 bits per heavy atom. The number of carbonyl (C=O) groups is 2. The molecule has 1 fully saturated rings. The lowest BCUT2D eigenvalue weighted by Crippen LogP contribution is -2.37. The van der Waals surface area contributed by atoms with Gasteiger partial charge in [0.25, 0.3) is 11.8 Å². The molecule has 5 heteroatoms. The summed E-state index contributed by atoms with van der Waals surface area (Å²) in [5.41, 5.74) is 1.13. The molecule has 0 aliphatic carbocycles. The summed E-state index contributed by atoms with van der Waals surface area (Å²) in [5, 5.41) is 12.2. The Labute approximate surface area is 137 Å². The number of aliphatic hydroxyl groups excluding tert-OH is 1. The van der Waals surface area contributed by atoms with Crippen molar-refractivity contribution in [1.82, 2.24) is 10.2 Å². The van der Waals surface area contributed by atoms with Crippen LogP contribution in [0.2, 0.25) is 0 Å². The highest BCUT2D eigenvalue weighted by molar-refractivity contribution is 5.98. The largest absolute Gasteiger partial charge is 0.394 e. The van der Waals surface area contributed by atoms with Crippen molar-refractivity contribution in [1.29, 1.82) is 0 Å². The van der Waals surface area contributed by atoms with Gasteiger partial charge in [-0.1, -0.05) is 20.8 Å². The quantitative estimate of drug-likeness (QED) is 0.893. The topological polar surface area (TPSA) is 69.6 Å². The number of likely N-dealkylation sites (tertiary alicyclic amines) is 1. The van der Waals surface area contributed by atoms with E-state index in [1.165, 1.54) is 0 Å². The highest BCUT2D eigenvalue weighted by Gasteiger charge is 2.28. The van der Waals surface area contributed by atoms with Crippen LogP contribution in [0.4, 0.5) is 0 Å². The van der Waals surface area contributed by atoms with Crippen molar-refractivity contribution in [3.05, 3.63) is 35.4 Å². The summed E-state index contributed by atoms with van der Waals surface area (Å²) >= 11 is 0. The zero-order valence-corrected chi connectivity index (χ0v) is 14.1. The van der Waals surface area contributed by atoms with E-state index in [2.05, 4.69) is 26.1 Å². The highest BCUT2D eigenvalue weighted by Crippen LogP contribution is 2.20. The van der Waals surface area contributed by atoms with E-state index in [0.29, 0.717) is 24.2 Å². The van der Waals surface area contributed by atoms with Crippen LogP contribution in [0.3, 0.4) is 0 Å². The van der Waals surface area contributed by atoms with E-state index >= 15 is 0 Å². The van der Waals surface area contributed by atoms with Gasteiger partial charge in [-0.05, 0) is 42.5 Å². The monoisotopic (exact) mass is 318 g/mol. The van der Waals surface area contributed by atoms with Gasteiger partial charge in [-0.15, -0.1) is 0 Å². The molecule has 1 aliphatic rings. The van der Waals surface area contributed by atoms with Crippen LogP contribution in [-0.4, -0.2) is 47.6 Å². The zero-order chi connectivity index (χ0) is 17.0. The molecule has 126 valence electrons. The minimum Gasteiger partial charge on any atom is -0.394 e.